The van der Waals surface area contributed by atoms with Crippen molar-refractivity contribution in [2.24, 2.45) is 5.73 Å². The summed E-state index contributed by atoms with van der Waals surface area (Å²) in [6.07, 6.45) is -0.797. The molecule has 0 aromatic carbocycles. The minimum Gasteiger partial charge on any atom is -0.756 e. The number of aliphatic hydroxyl groups excluding tert-OH is 1. The number of imidazole rings is 2. The lowest BCUT2D eigenvalue weighted by atomic mass is 10.2. The van der Waals surface area contributed by atoms with Crippen LogP contribution in [-0.2, 0) is 37.4 Å². The fourth-order valence-electron chi connectivity index (χ4n) is 5.67. The highest BCUT2D eigenvalue weighted by atomic mass is 31.2. The Morgan fingerprint density at radius 3 is 2.65 bits per heavy atom. The number of fused-ring (bicyclic) bond motifs is 1. The number of nitrogens with two attached hydrogens (primary N) is 2. The van der Waals surface area contributed by atoms with E-state index >= 15 is 0 Å². The van der Waals surface area contributed by atoms with Gasteiger partial charge < -0.3 is 54.7 Å². The number of phosphoric ester groups is 1. The highest BCUT2D eigenvalue weighted by Crippen LogP contribution is 2.46. The number of aryl methyl sites for hydroxylation is 1. The van der Waals surface area contributed by atoms with E-state index < -0.39 is 93.6 Å². The average molecular weight is 790 g/mol. The predicted molar refractivity (Wildman–Crippen MR) is 179 cm³/mol. The molecule has 7 N–H and O–H groups in total. The minimum absolute atomic E-state index is 0.0203. The van der Waals surface area contributed by atoms with Gasteiger partial charge in [0, 0.05) is 25.2 Å². The quantitative estimate of drug-likeness (QED) is 0.0486. The van der Waals surface area contributed by atoms with Crippen LogP contribution in [0.1, 0.15) is 43.1 Å². The Balaban J connectivity index is 1.09. The monoisotopic (exact) mass is 789 g/mol. The number of aromatic nitrogens is 8. The predicted octanol–water partition coefficient (Wildman–Crippen LogP) is -2.90. The molecule has 0 amide bonds. The second-order valence-corrected chi connectivity index (χ2v) is 13.5. The van der Waals surface area contributed by atoms with E-state index in [1.54, 1.807) is 17.7 Å². The van der Waals surface area contributed by atoms with E-state index in [0.29, 0.717) is 17.0 Å². The van der Waals surface area contributed by atoms with Crippen LogP contribution in [0.5, 0.6) is 0 Å². The molecule has 0 radical (unpaired) electrons. The van der Waals surface area contributed by atoms with Gasteiger partial charge in [0.15, 0.2) is 18.1 Å². The first-order chi connectivity index (χ1) is 26.2. The Hall–Kier alpha value is -5.51. The van der Waals surface area contributed by atoms with Crippen molar-refractivity contribution < 1.29 is 57.4 Å². The van der Waals surface area contributed by atoms with Gasteiger partial charge in [-0.1, -0.05) is 11.8 Å². The van der Waals surface area contributed by atoms with E-state index in [1.807, 2.05) is 0 Å². The summed E-state index contributed by atoms with van der Waals surface area (Å²) in [6.45, 7) is 0.274. The number of carbonyl (C=O) groups excluding carboxylic acids is 1. The molecule has 4 unspecified atom stereocenters. The number of phosphoric acid groups is 1. The van der Waals surface area contributed by atoms with E-state index in [2.05, 4.69) is 36.8 Å². The minimum atomic E-state index is -5.14. The number of carboxylic acids is 1. The molecule has 0 spiro atoms. The van der Waals surface area contributed by atoms with Gasteiger partial charge in [-0.2, -0.15) is 4.73 Å². The molecule has 24 nitrogen and oxygen atoms in total. The third-order valence-electron chi connectivity index (χ3n) is 8.39. The summed E-state index contributed by atoms with van der Waals surface area (Å²) in [7, 11) is -5.14. The fourth-order valence-corrected chi connectivity index (χ4v) is 6.62. The Kier molecular flexibility index (Phi) is 11.7. The molecule has 2 aliphatic rings. The van der Waals surface area contributed by atoms with Crippen LogP contribution in [-0.4, -0.2) is 111 Å². The maximum absolute atomic E-state index is 13.2. The van der Waals surface area contributed by atoms with Crippen molar-refractivity contribution in [2.45, 2.75) is 69.1 Å². The van der Waals surface area contributed by atoms with Gasteiger partial charge in [0.1, 0.15) is 66.6 Å². The van der Waals surface area contributed by atoms with Crippen LogP contribution >= 0.6 is 7.82 Å². The van der Waals surface area contributed by atoms with Crippen molar-refractivity contribution in [2.75, 3.05) is 25.6 Å². The first-order valence-electron chi connectivity index (χ1n) is 16.4. The number of H-pyrrole nitrogens is 1. The van der Waals surface area contributed by atoms with Crippen LogP contribution in [0.4, 0.5) is 5.82 Å². The number of hydrogen-bond acceptors (Lipinski definition) is 19. The van der Waals surface area contributed by atoms with Crippen molar-refractivity contribution in [3.05, 3.63) is 63.5 Å². The first-order valence-corrected chi connectivity index (χ1v) is 17.8. The summed E-state index contributed by atoms with van der Waals surface area (Å²) < 4.78 is 44.3. The molecule has 294 valence electrons. The average Bonchev–Trinajstić information content (AvgIpc) is 3.92. The molecule has 2 aliphatic heterocycles. The molecule has 0 bridgehead atoms. The normalized spacial score (nSPS) is 23.9. The fraction of sp³-hybridized carbons (Fsp3) is 0.467. The molecule has 0 saturated carbocycles. The van der Waals surface area contributed by atoms with Gasteiger partial charge >= 0.3 is 17.6 Å². The zero-order chi connectivity index (χ0) is 39.4. The number of nitrogens with one attached hydrogen (secondary N) is 1. The molecular formula is C30H34N10O14P-. The number of aromatic amines is 1. The molecule has 55 heavy (non-hydrogen) atoms. The van der Waals surface area contributed by atoms with Gasteiger partial charge in [-0.25, -0.2) is 24.7 Å². The van der Waals surface area contributed by atoms with Gasteiger partial charge in [0.2, 0.25) is 0 Å². The van der Waals surface area contributed by atoms with Crippen molar-refractivity contribution in [3.63, 3.8) is 0 Å². The number of nitrogen functional groups attached to an aromatic ring is 1. The van der Waals surface area contributed by atoms with Crippen molar-refractivity contribution in [1.29, 1.82) is 0 Å². The number of anilines is 1. The van der Waals surface area contributed by atoms with Gasteiger partial charge in [-0.05, 0) is 6.92 Å². The maximum atomic E-state index is 13.2. The highest BCUT2D eigenvalue weighted by Gasteiger charge is 2.42. The zero-order valence-electron chi connectivity index (χ0n) is 28.7. The number of esters is 1. The number of carboxylic acid groups (broad SMARTS) is 1. The Morgan fingerprint density at radius 1 is 1.15 bits per heavy atom. The van der Waals surface area contributed by atoms with Crippen LogP contribution in [0.2, 0.25) is 0 Å². The lowest BCUT2D eigenvalue weighted by molar-refractivity contribution is -0.234. The summed E-state index contributed by atoms with van der Waals surface area (Å²) in [5, 5.41) is 19.4. The number of carbonyl (C=O) groups is 2. The number of ether oxygens (including phenoxy) is 3. The summed E-state index contributed by atoms with van der Waals surface area (Å²) in [4.78, 5) is 84.9. The Labute approximate surface area is 308 Å². The van der Waals surface area contributed by atoms with E-state index in [1.165, 1.54) is 23.6 Å². The Morgan fingerprint density at radius 2 is 1.91 bits per heavy atom. The SMILES string of the molecule is Cc1nccn1OC[C@H]1O[C@@H](n2cnc3c(N)ncnc32)CC1OP(=O)([O-])OC[C@H]1O[C@@H](n2cc(C#CCOC(=O)C(N)CC(=O)O)c(=O)[nH]c2=O)CC1O. The van der Waals surface area contributed by atoms with Crippen LogP contribution in [0.15, 0.2) is 40.8 Å². The maximum Gasteiger partial charge on any atom is 0.330 e. The molecule has 2 fully saturated rings. The van der Waals surface area contributed by atoms with Crippen LogP contribution < -0.4 is 32.4 Å². The third-order valence-corrected chi connectivity index (χ3v) is 9.38. The van der Waals surface area contributed by atoms with Gasteiger partial charge in [-0.15, -0.1) is 0 Å². The molecule has 6 rings (SSSR count). The molecule has 2 saturated heterocycles. The number of aliphatic hydroxyl groups is 1. The summed E-state index contributed by atoms with van der Waals surface area (Å²) in [5.41, 5.74) is 9.94. The number of nitrogens with zero attached hydrogens (tertiary/aromatic N) is 7. The van der Waals surface area contributed by atoms with Crippen molar-refractivity contribution >= 4 is 36.7 Å². The van der Waals surface area contributed by atoms with E-state index in [9.17, 15) is 33.7 Å². The number of hydrogen-bond donors (Lipinski definition) is 5. The highest BCUT2D eigenvalue weighted by molar-refractivity contribution is 7.45. The second kappa shape index (κ2) is 16.5. The van der Waals surface area contributed by atoms with Crippen molar-refractivity contribution in [1.82, 2.24) is 38.8 Å². The van der Waals surface area contributed by atoms with E-state index in [4.69, 9.17) is 44.7 Å². The molecule has 4 aromatic rings. The first kappa shape index (κ1) is 39.2. The molecular weight excluding hydrogens is 755 g/mol. The van der Waals surface area contributed by atoms with E-state index in [0.717, 1.165) is 10.8 Å². The topological polar surface area (TPSA) is 338 Å². The molecule has 4 aromatic heterocycles. The second-order valence-electron chi connectivity index (χ2n) is 12.2. The number of rotatable bonds is 14. The lowest BCUT2D eigenvalue weighted by Gasteiger charge is -2.29. The van der Waals surface area contributed by atoms with E-state index in [-0.39, 0.29) is 30.8 Å². The molecule has 6 heterocycles. The van der Waals surface area contributed by atoms with Gasteiger partial charge in [0.05, 0.1) is 31.7 Å². The number of aliphatic carboxylic acids is 1. The summed E-state index contributed by atoms with van der Waals surface area (Å²) in [6, 6.07) is -1.42. The molecule has 0 aliphatic carbocycles. The zero-order valence-corrected chi connectivity index (χ0v) is 29.6. The third kappa shape index (κ3) is 9.24. The lowest BCUT2D eigenvalue weighted by Crippen LogP contribution is -2.35. The van der Waals surface area contributed by atoms with Gasteiger partial charge in [0.25, 0.3) is 13.4 Å². The largest absolute Gasteiger partial charge is 0.756 e. The van der Waals surface area contributed by atoms with Gasteiger partial charge in [-0.3, -0.25) is 33.1 Å². The van der Waals surface area contributed by atoms with Crippen LogP contribution in [0.25, 0.3) is 11.2 Å². The Bertz CT molecular complexity index is 2280. The molecule has 8 atom stereocenters. The standard InChI is InChI=1S/C30H35N10O14P/c1-15-33-4-5-40(15)50-11-21-19(9-23(53-21)39-14-36-25-26(32)34-13-35-27(25)39)54-55(47,48)51-12-20-18(41)8-22(52-20)38-10-16(28(44)37-30(38)46)3-2-6-49-29(45)17(31)7-24(42)43/h4-5,10,13-14,17-23,41H,6-9,11-12,31H2,1H3,(H,42,43)(H,47,48)(H2,32,34,35)(H,37,44,46)/p-1/t17?,18?,19?,20-,21-,22-,23-/m1/s1. The summed E-state index contributed by atoms with van der Waals surface area (Å²) >= 11 is 0. The molecule has 25 heteroatoms. The van der Waals surface area contributed by atoms with Crippen molar-refractivity contribution in [3.8, 4) is 11.8 Å². The van der Waals surface area contributed by atoms with Crippen LogP contribution in [0, 0.1) is 18.8 Å². The summed E-state index contributed by atoms with van der Waals surface area (Å²) in [5.74, 6) is 3.15. The smallest absolute Gasteiger partial charge is 0.330 e. The van der Waals surface area contributed by atoms with Crippen LogP contribution in [0.3, 0.4) is 0 Å².